The SMILES string of the molecule is Fc1ccccc1C1CCN(CCC2C=CC=C3SCCC32)CC1.O=C(O)C(=O)O. The Morgan fingerprint density at radius 2 is 1.80 bits per heavy atom. The molecule has 1 aliphatic carbocycles. The van der Waals surface area contributed by atoms with Crippen LogP contribution in [0.4, 0.5) is 4.39 Å². The molecule has 1 aromatic carbocycles. The number of carboxylic acid groups (broad SMARTS) is 2. The van der Waals surface area contributed by atoms with Crippen LogP contribution in [0.25, 0.3) is 0 Å². The molecule has 0 bridgehead atoms. The van der Waals surface area contributed by atoms with Crippen molar-refractivity contribution in [2.75, 3.05) is 25.4 Å². The maximum atomic E-state index is 14.0. The lowest BCUT2D eigenvalue weighted by molar-refractivity contribution is -0.159. The van der Waals surface area contributed by atoms with Crippen molar-refractivity contribution in [3.05, 3.63) is 58.8 Å². The van der Waals surface area contributed by atoms with Gasteiger partial charge < -0.3 is 15.1 Å². The second-order valence-corrected chi connectivity index (χ2v) is 9.07. The molecular weight excluding hydrogens is 405 g/mol. The van der Waals surface area contributed by atoms with Gasteiger partial charge in [0.2, 0.25) is 0 Å². The third-order valence-corrected chi connectivity index (χ3v) is 7.30. The number of hydrogen-bond donors (Lipinski definition) is 2. The maximum absolute atomic E-state index is 14.0. The highest BCUT2D eigenvalue weighted by Crippen LogP contribution is 2.44. The Morgan fingerprint density at radius 3 is 2.47 bits per heavy atom. The predicted molar refractivity (Wildman–Crippen MR) is 116 cm³/mol. The van der Waals surface area contributed by atoms with E-state index >= 15 is 0 Å². The van der Waals surface area contributed by atoms with Crippen LogP contribution >= 0.6 is 11.8 Å². The van der Waals surface area contributed by atoms with Crippen LogP contribution < -0.4 is 0 Å². The van der Waals surface area contributed by atoms with Crippen molar-refractivity contribution in [2.24, 2.45) is 11.8 Å². The summed E-state index contributed by atoms with van der Waals surface area (Å²) in [5.74, 6) is -0.465. The first-order valence-electron chi connectivity index (χ1n) is 10.4. The summed E-state index contributed by atoms with van der Waals surface area (Å²) in [7, 11) is 0. The molecule has 0 radical (unpaired) electrons. The number of allylic oxidation sites excluding steroid dienone is 4. The molecule has 0 aromatic heterocycles. The van der Waals surface area contributed by atoms with Crippen molar-refractivity contribution >= 4 is 23.7 Å². The van der Waals surface area contributed by atoms with Crippen LogP contribution in [0.15, 0.2) is 47.4 Å². The number of piperidine rings is 1. The summed E-state index contributed by atoms with van der Waals surface area (Å²) >= 11 is 2.05. The summed E-state index contributed by atoms with van der Waals surface area (Å²) in [5.41, 5.74) is 0.921. The number of halogens is 1. The van der Waals surface area contributed by atoms with E-state index in [4.69, 9.17) is 19.8 Å². The van der Waals surface area contributed by atoms with E-state index in [1.54, 1.807) is 17.0 Å². The van der Waals surface area contributed by atoms with Gasteiger partial charge in [0, 0.05) is 0 Å². The van der Waals surface area contributed by atoms with Gasteiger partial charge in [-0.25, -0.2) is 14.0 Å². The third kappa shape index (κ3) is 5.95. The van der Waals surface area contributed by atoms with Crippen LogP contribution in [-0.2, 0) is 9.59 Å². The number of nitrogens with zero attached hydrogens (tertiary/aromatic N) is 1. The van der Waals surface area contributed by atoms with Crippen molar-refractivity contribution in [1.29, 1.82) is 0 Å². The minimum Gasteiger partial charge on any atom is -0.473 e. The fraction of sp³-hybridized carbons (Fsp3) is 0.478. The maximum Gasteiger partial charge on any atom is 0.414 e. The normalized spacial score (nSPS) is 23.8. The summed E-state index contributed by atoms with van der Waals surface area (Å²) in [5, 5.41) is 14.8. The Kier molecular flexibility index (Phi) is 8.10. The van der Waals surface area contributed by atoms with E-state index in [-0.39, 0.29) is 5.82 Å². The van der Waals surface area contributed by atoms with Gasteiger partial charge in [0.1, 0.15) is 5.82 Å². The second kappa shape index (κ2) is 10.8. The molecule has 30 heavy (non-hydrogen) atoms. The molecule has 162 valence electrons. The van der Waals surface area contributed by atoms with Crippen molar-refractivity contribution in [3.63, 3.8) is 0 Å². The van der Waals surface area contributed by atoms with Gasteiger partial charge in [0.05, 0.1) is 0 Å². The number of thioether (sulfide) groups is 1. The fourth-order valence-corrected chi connectivity index (χ4v) is 5.77. The van der Waals surface area contributed by atoms with Crippen LogP contribution in [0, 0.1) is 17.7 Å². The molecule has 2 heterocycles. The molecule has 3 aliphatic rings. The van der Waals surface area contributed by atoms with E-state index in [2.05, 4.69) is 34.9 Å². The topological polar surface area (TPSA) is 77.8 Å². The summed E-state index contributed by atoms with van der Waals surface area (Å²) in [6.45, 7) is 3.41. The number of rotatable bonds is 4. The average molecular weight is 434 g/mol. The molecule has 2 fully saturated rings. The van der Waals surface area contributed by atoms with Crippen molar-refractivity contribution in [2.45, 2.75) is 31.6 Å². The highest BCUT2D eigenvalue weighted by molar-refractivity contribution is 8.03. The Morgan fingerprint density at radius 1 is 1.10 bits per heavy atom. The minimum atomic E-state index is -1.82. The lowest BCUT2D eigenvalue weighted by Crippen LogP contribution is -2.35. The second-order valence-electron chi connectivity index (χ2n) is 7.90. The standard InChI is InChI=1S/C21H26FNS.C2H2O4/c22-20-6-2-1-5-18(20)17-9-13-23(14-10-17)12-8-16-4-3-7-21-19(16)11-15-24-21;3-1(4)2(5)6/h1-7,16-17,19H,8-15H2;(H,3,4)(H,5,6). The van der Waals surface area contributed by atoms with E-state index in [0.29, 0.717) is 5.92 Å². The minimum absolute atomic E-state index is 0.0265. The van der Waals surface area contributed by atoms with Crippen LogP contribution in [0.1, 0.15) is 37.2 Å². The third-order valence-electron chi connectivity index (χ3n) is 6.09. The molecule has 2 unspecified atom stereocenters. The molecule has 0 amide bonds. The highest BCUT2D eigenvalue weighted by atomic mass is 32.2. The smallest absolute Gasteiger partial charge is 0.414 e. The summed E-state index contributed by atoms with van der Waals surface area (Å²) in [6, 6.07) is 7.32. The van der Waals surface area contributed by atoms with Gasteiger partial charge >= 0.3 is 11.9 Å². The predicted octanol–water partition coefficient (Wildman–Crippen LogP) is 4.37. The number of aliphatic carboxylic acids is 2. The number of likely N-dealkylation sites (tertiary alicyclic amines) is 1. The van der Waals surface area contributed by atoms with E-state index in [9.17, 15) is 4.39 Å². The van der Waals surface area contributed by atoms with E-state index < -0.39 is 11.9 Å². The lowest BCUT2D eigenvalue weighted by atomic mass is 9.83. The zero-order chi connectivity index (χ0) is 21.5. The zero-order valence-electron chi connectivity index (χ0n) is 16.9. The van der Waals surface area contributed by atoms with Crippen LogP contribution in [0.2, 0.25) is 0 Å². The van der Waals surface area contributed by atoms with Crippen molar-refractivity contribution in [1.82, 2.24) is 4.90 Å². The molecule has 7 heteroatoms. The van der Waals surface area contributed by atoms with Crippen LogP contribution in [0.3, 0.4) is 0 Å². The average Bonchev–Trinajstić information content (AvgIpc) is 3.23. The number of carbonyl (C=O) groups is 2. The number of hydrogen-bond acceptors (Lipinski definition) is 4. The van der Waals surface area contributed by atoms with Gasteiger partial charge in [0.15, 0.2) is 0 Å². The molecule has 1 aromatic rings. The lowest BCUT2D eigenvalue weighted by Gasteiger charge is -2.34. The summed E-state index contributed by atoms with van der Waals surface area (Å²) in [6.07, 6.45) is 11.8. The molecule has 2 atom stereocenters. The Hall–Kier alpha value is -2.12. The monoisotopic (exact) mass is 433 g/mol. The molecule has 0 saturated carbocycles. The van der Waals surface area contributed by atoms with E-state index in [1.807, 2.05) is 12.1 Å². The first-order chi connectivity index (χ1) is 14.5. The van der Waals surface area contributed by atoms with Crippen molar-refractivity contribution < 1.29 is 24.2 Å². The molecule has 4 rings (SSSR count). The molecule has 0 spiro atoms. The largest absolute Gasteiger partial charge is 0.473 e. The fourth-order valence-electron chi connectivity index (χ4n) is 4.48. The quantitative estimate of drug-likeness (QED) is 0.687. The molecular formula is C23H28FNO4S. The number of fused-ring (bicyclic) bond motifs is 1. The summed E-state index contributed by atoms with van der Waals surface area (Å²) < 4.78 is 14.0. The Bertz CT molecular complexity index is 805. The van der Waals surface area contributed by atoms with Gasteiger partial charge in [-0.05, 0) is 85.4 Å². The molecule has 2 aliphatic heterocycles. The number of carboxylic acids is 2. The number of benzene rings is 1. The first kappa shape index (κ1) is 22.6. The van der Waals surface area contributed by atoms with Gasteiger partial charge in [-0.1, -0.05) is 36.4 Å². The van der Waals surface area contributed by atoms with Crippen LogP contribution in [0.5, 0.6) is 0 Å². The van der Waals surface area contributed by atoms with Gasteiger partial charge in [0.25, 0.3) is 0 Å². The zero-order valence-corrected chi connectivity index (χ0v) is 17.7. The van der Waals surface area contributed by atoms with Crippen LogP contribution in [-0.4, -0.2) is 52.4 Å². The van der Waals surface area contributed by atoms with Gasteiger partial charge in [-0.2, -0.15) is 0 Å². The molecule has 5 nitrogen and oxygen atoms in total. The van der Waals surface area contributed by atoms with E-state index in [1.165, 1.54) is 25.1 Å². The Balaban J connectivity index is 0.000000377. The Labute approximate surface area is 180 Å². The van der Waals surface area contributed by atoms with Crippen molar-refractivity contribution in [3.8, 4) is 0 Å². The van der Waals surface area contributed by atoms with Gasteiger partial charge in [-0.3, -0.25) is 0 Å². The molecule has 2 N–H and O–H groups in total. The first-order valence-corrected chi connectivity index (χ1v) is 11.4. The van der Waals surface area contributed by atoms with Gasteiger partial charge in [-0.15, -0.1) is 11.8 Å². The highest BCUT2D eigenvalue weighted by Gasteiger charge is 2.30. The van der Waals surface area contributed by atoms with E-state index in [0.717, 1.165) is 43.3 Å². The summed E-state index contributed by atoms with van der Waals surface area (Å²) in [4.78, 5) is 22.4. The molecule has 2 saturated heterocycles.